The summed E-state index contributed by atoms with van der Waals surface area (Å²) in [5, 5.41) is 2.17. The summed E-state index contributed by atoms with van der Waals surface area (Å²) in [4.78, 5) is 4.31. The largest absolute Gasteiger partial charge is 0.477 e. The molecule has 0 spiro atoms. The second-order valence-electron chi connectivity index (χ2n) is 4.63. The van der Waals surface area contributed by atoms with Crippen LogP contribution in [0.15, 0.2) is 60.8 Å². The number of benzene rings is 2. The lowest BCUT2D eigenvalue weighted by Crippen LogP contribution is -2.05. The van der Waals surface area contributed by atoms with E-state index >= 15 is 0 Å². The number of ether oxygens (including phenoxy) is 1. The summed E-state index contributed by atoms with van der Waals surface area (Å²) in [6.45, 7) is 0.565. The van der Waals surface area contributed by atoms with Gasteiger partial charge in [0.2, 0.25) is 5.88 Å². The van der Waals surface area contributed by atoms with Gasteiger partial charge >= 0.3 is 0 Å². The van der Waals surface area contributed by atoms with Crippen LogP contribution in [0.5, 0.6) is 5.88 Å². The van der Waals surface area contributed by atoms with E-state index in [0.717, 1.165) is 28.4 Å². The number of pyridine rings is 1. The van der Waals surface area contributed by atoms with E-state index in [1.165, 1.54) is 0 Å². The number of aromatic nitrogens is 1. The minimum absolute atomic E-state index is 0.565. The molecule has 0 unspecified atom stereocenters. The summed E-state index contributed by atoms with van der Waals surface area (Å²) in [5.41, 5.74) is 7.83. The van der Waals surface area contributed by atoms with Crippen molar-refractivity contribution < 1.29 is 4.74 Å². The Kier molecular flexibility index (Phi) is 3.50. The third kappa shape index (κ3) is 2.57. The second kappa shape index (κ2) is 5.61. The highest BCUT2D eigenvalue weighted by atomic mass is 16.5. The molecule has 0 fully saturated rings. The van der Waals surface area contributed by atoms with E-state index in [1.807, 2.05) is 48.5 Å². The lowest BCUT2D eigenvalue weighted by atomic mass is 10.1. The van der Waals surface area contributed by atoms with Crippen molar-refractivity contribution in [3.05, 3.63) is 66.4 Å². The van der Waals surface area contributed by atoms with Crippen LogP contribution in [-0.4, -0.2) is 11.6 Å². The van der Waals surface area contributed by atoms with E-state index in [-0.39, 0.29) is 0 Å². The molecule has 3 heteroatoms. The average molecular weight is 264 g/mol. The van der Waals surface area contributed by atoms with Gasteiger partial charge in [0.1, 0.15) is 0 Å². The van der Waals surface area contributed by atoms with Gasteiger partial charge in [-0.2, -0.15) is 0 Å². The smallest absolute Gasteiger partial charge is 0.221 e. The van der Waals surface area contributed by atoms with Crippen LogP contribution in [0.2, 0.25) is 0 Å². The molecule has 20 heavy (non-hydrogen) atoms. The average Bonchev–Trinajstić information content (AvgIpc) is 2.49. The highest BCUT2D eigenvalue weighted by Crippen LogP contribution is 2.22. The number of anilines is 1. The highest BCUT2D eigenvalue weighted by Gasteiger charge is 2.03. The standard InChI is InChI=1S/C17H16N2O/c18-16-8-4-2-6-14(16)10-12-20-17-15-7-3-1-5-13(15)9-11-19-17/h1-9,11H,10,12,18H2. The predicted molar refractivity (Wildman–Crippen MR) is 81.8 cm³/mol. The first-order valence-electron chi connectivity index (χ1n) is 6.64. The number of rotatable bonds is 4. The van der Waals surface area contributed by atoms with Crippen molar-refractivity contribution in [3.8, 4) is 5.88 Å². The van der Waals surface area contributed by atoms with E-state index in [4.69, 9.17) is 10.5 Å². The zero-order valence-electron chi connectivity index (χ0n) is 11.1. The molecule has 0 bridgehead atoms. The molecule has 0 aliphatic rings. The topological polar surface area (TPSA) is 48.1 Å². The molecular formula is C17H16N2O. The summed E-state index contributed by atoms with van der Waals surface area (Å²) < 4.78 is 5.81. The Morgan fingerprint density at radius 2 is 1.75 bits per heavy atom. The van der Waals surface area contributed by atoms with Gasteiger partial charge in [-0.3, -0.25) is 0 Å². The van der Waals surface area contributed by atoms with Crippen LogP contribution in [0.3, 0.4) is 0 Å². The third-order valence-corrected chi connectivity index (χ3v) is 3.30. The Hall–Kier alpha value is -2.55. The minimum atomic E-state index is 0.565. The first kappa shape index (κ1) is 12.5. The predicted octanol–water partition coefficient (Wildman–Crippen LogP) is 3.44. The molecule has 0 atom stereocenters. The number of nitrogens with two attached hydrogens (primary N) is 1. The van der Waals surface area contributed by atoms with Gasteiger partial charge in [-0.1, -0.05) is 36.4 Å². The minimum Gasteiger partial charge on any atom is -0.477 e. The van der Waals surface area contributed by atoms with Crippen LogP contribution in [-0.2, 0) is 6.42 Å². The Labute approximate surface area is 118 Å². The number of nitrogens with zero attached hydrogens (tertiary/aromatic N) is 1. The summed E-state index contributed by atoms with van der Waals surface area (Å²) in [7, 11) is 0. The molecule has 0 aliphatic carbocycles. The Bertz CT molecular complexity index is 720. The molecule has 0 saturated carbocycles. The summed E-state index contributed by atoms with van der Waals surface area (Å²) in [6.07, 6.45) is 2.55. The van der Waals surface area contributed by atoms with E-state index in [2.05, 4.69) is 11.1 Å². The molecule has 3 nitrogen and oxygen atoms in total. The molecule has 100 valence electrons. The van der Waals surface area contributed by atoms with Crippen LogP contribution in [0.4, 0.5) is 5.69 Å². The fourth-order valence-corrected chi connectivity index (χ4v) is 2.23. The maximum absolute atomic E-state index is 5.92. The van der Waals surface area contributed by atoms with Crippen molar-refractivity contribution in [2.24, 2.45) is 0 Å². The van der Waals surface area contributed by atoms with E-state index in [1.54, 1.807) is 6.20 Å². The van der Waals surface area contributed by atoms with Crippen molar-refractivity contribution in [1.82, 2.24) is 4.98 Å². The van der Waals surface area contributed by atoms with Crippen molar-refractivity contribution in [2.45, 2.75) is 6.42 Å². The molecule has 0 saturated heterocycles. The van der Waals surface area contributed by atoms with Crippen LogP contribution >= 0.6 is 0 Å². The molecular weight excluding hydrogens is 248 g/mol. The Morgan fingerprint density at radius 3 is 2.65 bits per heavy atom. The van der Waals surface area contributed by atoms with Crippen LogP contribution in [0.1, 0.15) is 5.56 Å². The summed E-state index contributed by atoms with van der Waals surface area (Å²) in [6, 6.07) is 17.9. The Balaban J connectivity index is 1.73. The van der Waals surface area contributed by atoms with Gasteiger partial charge < -0.3 is 10.5 Å². The van der Waals surface area contributed by atoms with Crippen LogP contribution in [0.25, 0.3) is 10.8 Å². The lowest BCUT2D eigenvalue weighted by molar-refractivity contribution is 0.314. The van der Waals surface area contributed by atoms with Gasteiger partial charge in [-0.25, -0.2) is 4.98 Å². The molecule has 3 aromatic rings. The third-order valence-electron chi connectivity index (χ3n) is 3.30. The van der Waals surface area contributed by atoms with Gasteiger partial charge in [0, 0.05) is 23.7 Å². The molecule has 0 aliphatic heterocycles. The van der Waals surface area contributed by atoms with Crippen molar-refractivity contribution in [1.29, 1.82) is 0 Å². The normalized spacial score (nSPS) is 10.6. The van der Waals surface area contributed by atoms with Gasteiger partial charge in [0.25, 0.3) is 0 Å². The first-order chi connectivity index (χ1) is 9.84. The van der Waals surface area contributed by atoms with Crippen LogP contribution in [0, 0.1) is 0 Å². The maximum Gasteiger partial charge on any atom is 0.221 e. The maximum atomic E-state index is 5.92. The number of para-hydroxylation sites is 1. The quantitative estimate of drug-likeness (QED) is 0.734. The van der Waals surface area contributed by atoms with Gasteiger partial charge in [0.05, 0.1) is 6.61 Å². The second-order valence-corrected chi connectivity index (χ2v) is 4.63. The van der Waals surface area contributed by atoms with Gasteiger partial charge in [0.15, 0.2) is 0 Å². The number of fused-ring (bicyclic) bond motifs is 1. The van der Waals surface area contributed by atoms with E-state index in [0.29, 0.717) is 12.5 Å². The van der Waals surface area contributed by atoms with Gasteiger partial charge in [-0.15, -0.1) is 0 Å². The van der Waals surface area contributed by atoms with Crippen molar-refractivity contribution in [3.63, 3.8) is 0 Å². The molecule has 3 rings (SSSR count). The summed E-state index contributed by atoms with van der Waals surface area (Å²) >= 11 is 0. The van der Waals surface area contributed by atoms with Crippen molar-refractivity contribution in [2.75, 3.05) is 12.3 Å². The van der Waals surface area contributed by atoms with Crippen LogP contribution < -0.4 is 10.5 Å². The molecule has 1 aromatic heterocycles. The Morgan fingerprint density at radius 1 is 0.950 bits per heavy atom. The monoisotopic (exact) mass is 264 g/mol. The zero-order chi connectivity index (χ0) is 13.8. The molecule has 0 amide bonds. The number of hydrogen-bond donors (Lipinski definition) is 1. The first-order valence-corrected chi connectivity index (χ1v) is 6.64. The highest BCUT2D eigenvalue weighted by molar-refractivity contribution is 5.86. The zero-order valence-corrected chi connectivity index (χ0v) is 11.1. The lowest BCUT2D eigenvalue weighted by Gasteiger charge is -2.09. The molecule has 0 radical (unpaired) electrons. The fraction of sp³-hybridized carbons (Fsp3) is 0.118. The molecule has 1 heterocycles. The summed E-state index contributed by atoms with van der Waals surface area (Å²) in [5.74, 6) is 0.678. The van der Waals surface area contributed by atoms with Crippen molar-refractivity contribution >= 4 is 16.5 Å². The van der Waals surface area contributed by atoms with E-state index in [9.17, 15) is 0 Å². The number of hydrogen-bond acceptors (Lipinski definition) is 3. The number of nitrogen functional groups attached to an aromatic ring is 1. The SMILES string of the molecule is Nc1ccccc1CCOc1nccc2ccccc12. The van der Waals surface area contributed by atoms with Gasteiger partial charge in [-0.05, 0) is 29.1 Å². The van der Waals surface area contributed by atoms with E-state index < -0.39 is 0 Å². The molecule has 2 N–H and O–H groups in total. The molecule has 2 aromatic carbocycles. The fourth-order valence-electron chi connectivity index (χ4n) is 2.23.